The standard InChI is InChI=1S/C28H28F3N5O4/c1-4-24(39)34-9-7-18-25-20(36(33-18)19-6-5-16(15(2)3)11-22(19)37)8-10-35(21(25)14-34)27(40)17-12-23(38)26(32-13-17)28(29,30)31/h4-6,11-13,15,21,37-38H,1,7-10,14H2,2-3H3/t21-/m0/s1. The molecular weight excluding hydrogens is 527 g/mol. The van der Waals surface area contributed by atoms with Gasteiger partial charge >= 0.3 is 6.18 Å². The second-order valence-electron chi connectivity index (χ2n) is 10.2. The topological polar surface area (TPSA) is 112 Å². The molecule has 1 aromatic carbocycles. The maximum Gasteiger partial charge on any atom is 0.437 e. The molecule has 2 aliphatic heterocycles. The Hall–Kier alpha value is -4.35. The van der Waals surface area contributed by atoms with Crippen LogP contribution >= 0.6 is 0 Å². The fourth-order valence-electron chi connectivity index (χ4n) is 5.40. The fraction of sp³-hybridized carbons (Fsp3) is 0.357. The fourth-order valence-corrected chi connectivity index (χ4v) is 5.40. The van der Waals surface area contributed by atoms with Crippen molar-refractivity contribution in [3.8, 4) is 17.2 Å². The number of carbonyl (C=O) groups excluding carboxylic acids is 2. The summed E-state index contributed by atoms with van der Waals surface area (Å²) in [6.45, 7) is 8.18. The molecule has 40 heavy (non-hydrogen) atoms. The minimum absolute atomic E-state index is 0.0601. The Labute approximate surface area is 228 Å². The van der Waals surface area contributed by atoms with Crippen LogP contribution < -0.4 is 0 Å². The van der Waals surface area contributed by atoms with E-state index in [0.29, 0.717) is 30.8 Å². The highest BCUT2D eigenvalue weighted by molar-refractivity contribution is 5.95. The van der Waals surface area contributed by atoms with E-state index >= 15 is 0 Å². The third-order valence-electron chi connectivity index (χ3n) is 7.43. The van der Waals surface area contributed by atoms with Gasteiger partial charge in [-0.2, -0.15) is 18.3 Å². The molecule has 1 atom stereocenters. The van der Waals surface area contributed by atoms with E-state index in [-0.39, 0.29) is 36.2 Å². The first-order valence-electron chi connectivity index (χ1n) is 12.8. The smallest absolute Gasteiger partial charge is 0.437 e. The maximum atomic E-state index is 13.6. The van der Waals surface area contributed by atoms with Gasteiger partial charge in [-0.25, -0.2) is 9.67 Å². The lowest BCUT2D eigenvalue weighted by atomic mass is 9.94. The summed E-state index contributed by atoms with van der Waals surface area (Å²) in [5.41, 5.74) is 1.92. The van der Waals surface area contributed by atoms with Crippen molar-refractivity contribution in [2.45, 2.75) is 44.8 Å². The molecule has 0 saturated heterocycles. The third-order valence-corrected chi connectivity index (χ3v) is 7.43. The first kappa shape index (κ1) is 27.2. The number of aromatic hydroxyl groups is 2. The number of phenolic OH excluding ortho intramolecular Hbond substituents is 1. The zero-order chi connectivity index (χ0) is 28.9. The van der Waals surface area contributed by atoms with Gasteiger partial charge in [-0.1, -0.05) is 26.5 Å². The zero-order valence-corrected chi connectivity index (χ0v) is 21.9. The predicted octanol–water partition coefficient (Wildman–Crippen LogP) is 4.13. The van der Waals surface area contributed by atoms with Crippen LogP contribution in [0.4, 0.5) is 13.2 Å². The SMILES string of the molecule is C=CC(=O)N1CCc2nn(-c3ccc(C(C)C)cc3O)c3c2[C@H](C1)N(C(=O)c1cnc(C(F)(F)F)c(O)c1)CC3. The molecular formula is C28H28F3N5O4. The summed E-state index contributed by atoms with van der Waals surface area (Å²) in [5, 5.41) is 25.6. The Morgan fingerprint density at radius 2 is 1.88 bits per heavy atom. The molecule has 0 bridgehead atoms. The lowest BCUT2D eigenvalue weighted by Crippen LogP contribution is -2.45. The molecule has 9 nitrogen and oxygen atoms in total. The van der Waals surface area contributed by atoms with E-state index in [1.807, 2.05) is 19.9 Å². The Kier molecular flexibility index (Phi) is 6.80. The van der Waals surface area contributed by atoms with E-state index in [4.69, 9.17) is 5.10 Å². The molecule has 2 amide bonds. The number of hydrogen-bond acceptors (Lipinski definition) is 6. The Bertz CT molecular complexity index is 1510. The summed E-state index contributed by atoms with van der Waals surface area (Å²) in [6.07, 6.45) is -2.17. The molecule has 2 N–H and O–H groups in total. The summed E-state index contributed by atoms with van der Waals surface area (Å²) in [6, 6.07) is 5.50. The Morgan fingerprint density at radius 3 is 2.50 bits per heavy atom. The van der Waals surface area contributed by atoms with Crippen molar-refractivity contribution >= 4 is 11.8 Å². The minimum Gasteiger partial charge on any atom is -0.506 e. The second-order valence-corrected chi connectivity index (χ2v) is 10.2. The van der Waals surface area contributed by atoms with E-state index in [9.17, 15) is 33.0 Å². The molecule has 2 aromatic heterocycles. The van der Waals surface area contributed by atoms with Gasteiger partial charge in [0.15, 0.2) is 5.69 Å². The summed E-state index contributed by atoms with van der Waals surface area (Å²) >= 11 is 0. The highest BCUT2D eigenvalue weighted by atomic mass is 19.4. The lowest BCUT2D eigenvalue weighted by Gasteiger charge is -2.37. The van der Waals surface area contributed by atoms with Crippen LogP contribution in [0.2, 0.25) is 0 Å². The first-order chi connectivity index (χ1) is 18.9. The Balaban J connectivity index is 1.58. The molecule has 0 spiro atoms. The number of benzene rings is 1. The molecule has 210 valence electrons. The summed E-state index contributed by atoms with van der Waals surface area (Å²) in [7, 11) is 0. The van der Waals surface area contributed by atoms with Crippen LogP contribution in [0.15, 0.2) is 43.1 Å². The molecule has 0 aliphatic carbocycles. The number of halogens is 3. The minimum atomic E-state index is -4.87. The number of carbonyl (C=O) groups is 2. The number of hydrogen-bond donors (Lipinski definition) is 2. The van der Waals surface area contributed by atoms with E-state index in [2.05, 4.69) is 11.6 Å². The van der Waals surface area contributed by atoms with Gasteiger partial charge in [-0.15, -0.1) is 0 Å². The number of phenols is 1. The van der Waals surface area contributed by atoms with Crippen LogP contribution in [0.25, 0.3) is 5.69 Å². The number of alkyl halides is 3. The van der Waals surface area contributed by atoms with Crippen LogP contribution in [-0.4, -0.2) is 66.2 Å². The summed E-state index contributed by atoms with van der Waals surface area (Å²) < 4.78 is 41.0. The highest BCUT2D eigenvalue weighted by Gasteiger charge is 2.41. The molecule has 0 fully saturated rings. The number of aromatic nitrogens is 3. The number of nitrogens with zero attached hydrogens (tertiary/aromatic N) is 5. The molecule has 3 aromatic rings. The van der Waals surface area contributed by atoms with E-state index in [1.54, 1.807) is 21.7 Å². The highest BCUT2D eigenvalue weighted by Crippen LogP contribution is 2.40. The quantitative estimate of drug-likeness (QED) is 0.469. The molecule has 12 heteroatoms. The monoisotopic (exact) mass is 555 g/mol. The van der Waals surface area contributed by atoms with Gasteiger partial charge in [-0.3, -0.25) is 9.59 Å². The molecule has 0 radical (unpaired) electrons. The van der Waals surface area contributed by atoms with Crippen molar-refractivity contribution in [1.82, 2.24) is 24.6 Å². The lowest BCUT2D eigenvalue weighted by molar-refractivity contribution is -0.142. The van der Waals surface area contributed by atoms with E-state index < -0.39 is 29.6 Å². The number of amides is 2. The second kappa shape index (κ2) is 10.00. The van der Waals surface area contributed by atoms with Gasteiger partial charge in [-0.05, 0) is 35.8 Å². The molecule has 0 unspecified atom stereocenters. The average Bonchev–Trinajstić information content (AvgIpc) is 3.16. The van der Waals surface area contributed by atoms with Crippen molar-refractivity contribution < 1.29 is 33.0 Å². The van der Waals surface area contributed by atoms with Crippen molar-refractivity contribution in [2.24, 2.45) is 0 Å². The van der Waals surface area contributed by atoms with E-state index in [1.165, 1.54) is 11.0 Å². The largest absolute Gasteiger partial charge is 0.506 e. The first-order valence-corrected chi connectivity index (χ1v) is 12.8. The van der Waals surface area contributed by atoms with Gasteiger partial charge in [0, 0.05) is 44.2 Å². The van der Waals surface area contributed by atoms with Gasteiger partial charge in [0.25, 0.3) is 5.91 Å². The summed E-state index contributed by atoms with van der Waals surface area (Å²) in [4.78, 5) is 32.5. The van der Waals surface area contributed by atoms with Gasteiger partial charge < -0.3 is 20.0 Å². The van der Waals surface area contributed by atoms with Crippen LogP contribution in [0.3, 0.4) is 0 Å². The molecule has 2 aliphatic rings. The van der Waals surface area contributed by atoms with Crippen LogP contribution in [-0.2, 0) is 23.8 Å². The van der Waals surface area contributed by atoms with Gasteiger partial charge in [0.1, 0.15) is 17.2 Å². The molecule has 0 saturated carbocycles. The Morgan fingerprint density at radius 1 is 1.12 bits per heavy atom. The van der Waals surface area contributed by atoms with Crippen LogP contribution in [0.1, 0.15) is 64.4 Å². The third kappa shape index (κ3) is 4.67. The maximum absolute atomic E-state index is 13.6. The van der Waals surface area contributed by atoms with Crippen LogP contribution in [0, 0.1) is 0 Å². The van der Waals surface area contributed by atoms with Crippen molar-refractivity contribution in [2.75, 3.05) is 19.6 Å². The molecule has 5 rings (SSSR count). The van der Waals surface area contributed by atoms with Crippen molar-refractivity contribution in [3.63, 3.8) is 0 Å². The number of pyridine rings is 1. The number of rotatable bonds is 4. The summed E-state index contributed by atoms with van der Waals surface area (Å²) in [5.74, 6) is -1.83. The normalized spacial score (nSPS) is 17.0. The molecule has 4 heterocycles. The van der Waals surface area contributed by atoms with Gasteiger partial charge in [0.05, 0.1) is 23.0 Å². The van der Waals surface area contributed by atoms with E-state index in [0.717, 1.165) is 29.1 Å². The van der Waals surface area contributed by atoms with Crippen LogP contribution in [0.5, 0.6) is 11.5 Å². The average molecular weight is 556 g/mol. The predicted molar refractivity (Wildman–Crippen MR) is 138 cm³/mol. The zero-order valence-electron chi connectivity index (χ0n) is 21.9. The van der Waals surface area contributed by atoms with Crippen molar-refractivity contribution in [3.05, 3.63) is 76.9 Å². The van der Waals surface area contributed by atoms with Gasteiger partial charge in [0.2, 0.25) is 5.91 Å². The van der Waals surface area contributed by atoms with Crippen molar-refractivity contribution in [1.29, 1.82) is 0 Å².